The molecule has 0 spiro atoms. The number of para-hydroxylation sites is 1. The van der Waals surface area contributed by atoms with Crippen molar-refractivity contribution in [2.45, 2.75) is 52.1 Å². The van der Waals surface area contributed by atoms with E-state index in [2.05, 4.69) is 13.8 Å². The van der Waals surface area contributed by atoms with E-state index in [0.717, 1.165) is 11.3 Å². The summed E-state index contributed by atoms with van der Waals surface area (Å²) in [6, 6.07) is 8.01. The summed E-state index contributed by atoms with van der Waals surface area (Å²) in [6.07, 6.45) is 4.41. The van der Waals surface area contributed by atoms with Crippen LogP contribution in [0.1, 0.15) is 45.1 Å². The summed E-state index contributed by atoms with van der Waals surface area (Å²) < 4.78 is 0. The molecular weight excluding hydrogens is 236 g/mol. The molecule has 104 valence electrons. The minimum absolute atomic E-state index is 0.215. The number of benzene rings is 1. The molecule has 1 aliphatic carbocycles. The summed E-state index contributed by atoms with van der Waals surface area (Å²) in [5.41, 5.74) is 7.78. The lowest BCUT2D eigenvalue weighted by Gasteiger charge is -2.31. The van der Waals surface area contributed by atoms with Crippen LogP contribution in [0.25, 0.3) is 0 Å². The number of carbonyl (C=O) groups is 1. The van der Waals surface area contributed by atoms with Crippen LogP contribution in [0.3, 0.4) is 0 Å². The van der Waals surface area contributed by atoms with Gasteiger partial charge in [-0.25, -0.2) is 0 Å². The largest absolute Gasteiger partial charge is 0.398 e. The Morgan fingerprint density at radius 1 is 1.37 bits per heavy atom. The first-order chi connectivity index (χ1) is 9.08. The van der Waals surface area contributed by atoms with Crippen molar-refractivity contribution in [2.75, 3.05) is 5.73 Å². The van der Waals surface area contributed by atoms with Crippen LogP contribution >= 0.6 is 0 Å². The molecule has 0 bridgehead atoms. The zero-order valence-electron chi connectivity index (χ0n) is 11.9. The maximum atomic E-state index is 12.4. The van der Waals surface area contributed by atoms with E-state index in [1.807, 2.05) is 29.2 Å². The number of hydrogen-bond donors (Lipinski definition) is 1. The molecule has 1 aromatic carbocycles. The van der Waals surface area contributed by atoms with Crippen molar-refractivity contribution < 1.29 is 4.79 Å². The second kappa shape index (κ2) is 6.09. The quantitative estimate of drug-likeness (QED) is 0.826. The maximum absolute atomic E-state index is 12.4. The van der Waals surface area contributed by atoms with E-state index in [9.17, 15) is 4.79 Å². The smallest absolute Gasteiger partial charge is 0.223 e. The third-order valence-corrected chi connectivity index (χ3v) is 4.03. The number of amides is 1. The molecule has 0 atom stereocenters. The standard InChI is InChI=1S/C16H24N2O/c1-12(2)18(16(19)10-13-6-5-7-13)11-14-8-3-4-9-15(14)17/h3-4,8-9,12-13H,5-7,10-11,17H2,1-2H3. The SMILES string of the molecule is CC(C)N(Cc1ccccc1N)C(=O)CC1CCC1. The van der Waals surface area contributed by atoms with E-state index in [1.54, 1.807) is 0 Å². The Kier molecular flexibility index (Phi) is 4.46. The molecule has 0 heterocycles. The third-order valence-electron chi connectivity index (χ3n) is 4.03. The van der Waals surface area contributed by atoms with Crippen LogP contribution in [0, 0.1) is 5.92 Å². The fourth-order valence-electron chi connectivity index (χ4n) is 2.48. The minimum atomic E-state index is 0.215. The number of nitrogens with two attached hydrogens (primary N) is 1. The molecule has 0 unspecified atom stereocenters. The van der Waals surface area contributed by atoms with Gasteiger partial charge in [-0.15, -0.1) is 0 Å². The van der Waals surface area contributed by atoms with Gasteiger partial charge in [-0.3, -0.25) is 4.79 Å². The summed E-state index contributed by atoms with van der Waals surface area (Å²) in [7, 11) is 0. The Bertz CT molecular complexity index is 438. The molecule has 1 amide bonds. The van der Waals surface area contributed by atoms with E-state index in [0.29, 0.717) is 18.9 Å². The summed E-state index contributed by atoms with van der Waals surface area (Å²) in [6.45, 7) is 4.76. The molecular formula is C16H24N2O. The van der Waals surface area contributed by atoms with Crippen LogP contribution in [-0.4, -0.2) is 16.8 Å². The van der Waals surface area contributed by atoms with Gasteiger partial charge in [0.1, 0.15) is 0 Å². The predicted octanol–water partition coefficient (Wildman–Crippen LogP) is 3.20. The second-order valence-corrected chi connectivity index (χ2v) is 5.82. The van der Waals surface area contributed by atoms with Gasteiger partial charge in [0, 0.05) is 24.7 Å². The summed E-state index contributed by atoms with van der Waals surface area (Å²) in [4.78, 5) is 14.3. The van der Waals surface area contributed by atoms with Crippen LogP contribution in [0.15, 0.2) is 24.3 Å². The summed E-state index contributed by atoms with van der Waals surface area (Å²) >= 11 is 0. The highest BCUT2D eigenvalue weighted by molar-refractivity contribution is 5.77. The van der Waals surface area contributed by atoms with Crippen molar-refractivity contribution in [3.8, 4) is 0 Å². The monoisotopic (exact) mass is 260 g/mol. The van der Waals surface area contributed by atoms with Crippen molar-refractivity contribution in [1.82, 2.24) is 4.90 Å². The number of carbonyl (C=O) groups excluding carboxylic acids is 1. The van der Waals surface area contributed by atoms with E-state index < -0.39 is 0 Å². The Balaban J connectivity index is 2.03. The highest BCUT2D eigenvalue weighted by Gasteiger charge is 2.25. The molecule has 1 aliphatic rings. The van der Waals surface area contributed by atoms with Gasteiger partial charge in [-0.05, 0) is 44.2 Å². The van der Waals surface area contributed by atoms with Gasteiger partial charge in [0.2, 0.25) is 5.91 Å². The Labute approximate surface area is 115 Å². The summed E-state index contributed by atoms with van der Waals surface area (Å²) in [5, 5.41) is 0. The van der Waals surface area contributed by atoms with Crippen molar-refractivity contribution >= 4 is 11.6 Å². The molecule has 2 N–H and O–H groups in total. The van der Waals surface area contributed by atoms with Crippen molar-refractivity contribution in [1.29, 1.82) is 0 Å². The second-order valence-electron chi connectivity index (χ2n) is 5.82. The van der Waals surface area contributed by atoms with Gasteiger partial charge in [0.05, 0.1) is 0 Å². The number of hydrogen-bond acceptors (Lipinski definition) is 2. The van der Waals surface area contributed by atoms with Crippen molar-refractivity contribution in [3.63, 3.8) is 0 Å². The zero-order valence-corrected chi connectivity index (χ0v) is 11.9. The fraction of sp³-hybridized carbons (Fsp3) is 0.562. The van der Waals surface area contributed by atoms with Crippen LogP contribution in [-0.2, 0) is 11.3 Å². The van der Waals surface area contributed by atoms with Gasteiger partial charge in [-0.2, -0.15) is 0 Å². The lowest BCUT2D eigenvalue weighted by atomic mass is 9.82. The molecule has 0 radical (unpaired) electrons. The molecule has 1 saturated carbocycles. The first-order valence-corrected chi connectivity index (χ1v) is 7.20. The topological polar surface area (TPSA) is 46.3 Å². The molecule has 3 nitrogen and oxygen atoms in total. The molecule has 3 heteroatoms. The number of anilines is 1. The summed E-state index contributed by atoms with van der Waals surface area (Å²) in [5.74, 6) is 0.879. The predicted molar refractivity (Wildman–Crippen MR) is 78.5 cm³/mol. The molecule has 19 heavy (non-hydrogen) atoms. The molecule has 1 aromatic rings. The first-order valence-electron chi connectivity index (χ1n) is 7.20. The van der Waals surface area contributed by atoms with E-state index in [-0.39, 0.29) is 11.9 Å². The van der Waals surface area contributed by atoms with E-state index in [4.69, 9.17) is 5.73 Å². The first kappa shape index (κ1) is 13.9. The van der Waals surface area contributed by atoms with Gasteiger partial charge in [0.15, 0.2) is 0 Å². The highest BCUT2D eigenvalue weighted by Crippen LogP contribution is 2.30. The molecule has 1 fully saturated rings. The Morgan fingerprint density at radius 3 is 2.58 bits per heavy atom. The minimum Gasteiger partial charge on any atom is -0.398 e. The van der Waals surface area contributed by atoms with Gasteiger partial charge < -0.3 is 10.6 Å². The maximum Gasteiger partial charge on any atom is 0.223 e. The highest BCUT2D eigenvalue weighted by atomic mass is 16.2. The van der Waals surface area contributed by atoms with Gasteiger partial charge in [0.25, 0.3) is 0 Å². The lowest BCUT2D eigenvalue weighted by molar-refractivity contribution is -0.135. The Morgan fingerprint density at radius 2 is 2.05 bits per heavy atom. The molecule has 2 rings (SSSR count). The van der Waals surface area contributed by atoms with Crippen LogP contribution in [0.5, 0.6) is 0 Å². The average molecular weight is 260 g/mol. The molecule has 0 saturated heterocycles. The van der Waals surface area contributed by atoms with Crippen LogP contribution in [0.2, 0.25) is 0 Å². The van der Waals surface area contributed by atoms with Crippen molar-refractivity contribution in [3.05, 3.63) is 29.8 Å². The zero-order chi connectivity index (χ0) is 13.8. The van der Waals surface area contributed by atoms with Crippen molar-refractivity contribution in [2.24, 2.45) is 5.92 Å². The Hall–Kier alpha value is -1.51. The molecule has 0 aliphatic heterocycles. The van der Waals surface area contributed by atoms with E-state index in [1.165, 1.54) is 19.3 Å². The normalized spacial score (nSPS) is 15.3. The number of nitrogen functional groups attached to an aromatic ring is 1. The van der Waals surface area contributed by atoms with E-state index >= 15 is 0 Å². The van der Waals surface area contributed by atoms with Gasteiger partial charge >= 0.3 is 0 Å². The van der Waals surface area contributed by atoms with Gasteiger partial charge in [-0.1, -0.05) is 24.6 Å². The number of nitrogens with zero attached hydrogens (tertiary/aromatic N) is 1. The van der Waals surface area contributed by atoms with Crippen LogP contribution in [0.4, 0.5) is 5.69 Å². The average Bonchev–Trinajstić information content (AvgIpc) is 2.32. The third kappa shape index (κ3) is 3.49. The fourth-order valence-corrected chi connectivity index (χ4v) is 2.48. The lowest BCUT2D eigenvalue weighted by Crippen LogP contribution is -2.38. The number of rotatable bonds is 5. The molecule has 0 aromatic heterocycles. The van der Waals surface area contributed by atoms with Crippen LogP contribution < -0.4 is 5.73 Å².